The molecule has 0 unspecified atom stereocenters. The number of rotatable bonds is 5. The molecule has 0 atom stereocenters. The SMILES string of the molecule is CCNCCO[N+](=O)[O-]. The monoisotopic (exact) mass is 134 g/mol. The largest absolute Gasteiger partial charge is 0.315 e. The van der Waals surface area contributed by atoms with Crippen LogP contribution in [0.5, 0.6) is 0 Å². The summed E-state index contributed by atoms with van der Waals surface area (Å²) in [7, 11) is 0. The number of nitrogens with zero attached hydrogens (tertiary/aromatic N) is 1. The van der Waals surface area contributed by atoms with Crippen molar-refractivity contribution in [2.45, 2.75) is 6.92 Å². The van der Waals surface area contributed by atoms with Crippen LogP contribution in [0.15, 0.2) is 0 Å². The summed E-state index contributed by atoms with van der Waals surface area (Å²) in [6, 6.07) is 0. The van der Waals surface area contributed by atoms with Crippen LogP contribution in [0.3, 0.4) is 0 Å². The topological polar surface area (TPSA) is 64.4 Å². The summed E-state index contributed by atoms with van der Waals surface area (Å²) in [5, 5.41) is 11.6. The summed E-state index contributed by atoms with van der Waals surface area (Å²) >= 11 is 0. The van der Waals surface area contributed by atoms with Gasteiger partial charge in [0.1, 0.15) is 6.61 Å². The first-order chi connectivity index (χ1) is 4.27. The van der Waals surface area contributed by atoms with Crippen LogP contribution in [0.1, 0.15) is 6.92 Å². The highest BCUT2D eigenvalue weighted by molar-refractivity contribution is 4.36. The Morgan fingerprint density at radius 1 is 1.78 bits per heavy atom. The molecule has 0 heterocycles. The molecule has 0 spiro atoms. The van der Waals surface area contributed by atoms with E-state index in [0.717, 1.165) is 6.54 Å². The molecule has 0 amide bonds. The molecule has 0 aliphatic carbocycles. The molecular formula is C4H10N2O3. The first-order valence-electron chi connectivity index (χ1n) is 2.75. The van der Waals surface area contributed by atoms with E-state index in [4.69, 9.17) is 0 Å². The van der Waals surface area contributed by atoms with Gasteiger partial charge in [-0.3, -0.25) is 0 Å². The Labute approximate surface area is 53.1 Å². The van der Waals surface area contributed by atoms with E-state index < -0.39 is 5.09 Å². The molecule has 0 aromatic rings. The van der Waals surface area contributed by atoms with Crippen molar-refractivity contribution in [3.8, 4) is 0 Å². The average Bonchev–Trinajstić information content (AvgIpc) is 1.80. The molecule has 0 aromatic carbocycles. The van der Waals surface area contributed by atoms with Gasteiger partial charge in [0.2, 0.25) is 0 Å². The number of hydrogen-bond donors (Lipinski definition) is 1. The van der Waals surface area contributed by atoms with Crippen molar-refractivity contribution < 1.29 is 9.92 Å². The van der Waals surface area contributed by atoms with Gasteiger partial charge in [-0.2, -0.15) is 0 Å². The Hall–Kier alpha value is -0.840. The van der Waals surface area contributed by atoms with Crippen molar-refractivity contribution in [2.75, 3.05) is 19.7 Å². The van der Waals surface area contributed by atoms with Gasteiger partial charge in [0.15, 0.2) is 0 Å². The zero-order valence-corrected chi connectivity index (χ0v) is 5.29. The van der Waals surface area contributed by atoms with Crippen LogP contribution in [-0.2, 0) is 4.84 Å². The zero-order chi connectivity index (χ0) is 7.11. The Kier molecular flexibility index (Phi) is 4.81. The molecule has 9 heavy (non-hydrogen) atoms. The Morgan fingerprint density at radius 3 is 2.89 bits per heavy atom. The van der Waals surface area contributed by atoms with E-state index >= 15 is 0 Å². The Bertz CT molecular complexity index is 85.9. The van der Waals surface area contributed by atoms with E-state index in [1.54, 1.807) is 0 Å². The molecule has 0 aliphatic rings. The summed E-state index contributed by atoms with van der Waals surface area (Å²) in [5.41, 5.74) is 0. The van der Waals surface area contributed by atoms with E-state index in [9.17, 15) is 10.1 Å². The van der Waals surface area contributed by atoms with Gasteiger partial charge in [-0.25, -0.2) is 0 Å². The van der Waals surface area contributed by atoms with Gasteiger partial charge in [0, 0.05) is 6.54 Å². The average molecular weight is 134 g/mol. The van der Waals surface area contributed by atoms with Crippen molar-refractivity contribution >= 4 is 0 Å². The minimum absolute atomic E-state index is 0.126. The molecule has 0 aromatic heterocycles. The lowest BCUT2D eigenvalue weighted by Gasteiger charge is -1.97. The van der Waals surface area contributed by atoms with Crippen molar-refractivity contribution in [3.63, 3.8) is 0 Å². The van der Waals surface area contributed by atoms with Crippen LogP contribution in [0, 0.1) is 10.1 Å². The lowest BCUT2D eigenvalue weighted by Crippen LogP contribution is -2.20. The van der Waals surface area contributed by atoms with E-state index in [1.807, 2.05) is 6.92 Å². The zero-order valence-electron chi connectivity index (χ0n) is 5.29. The van der Waals surface area contributed by atoms with Gasteiger partial charge in [0.05, 0.1) is 0 Å². The molecular weight excluding hydrogens is 124 g/mol. The lowest BCUT2D eigenvalue weighted by atomic mass is 10.6. The molecule has 5 nitrogen and oxygen atoms in total. The van der Waals surface area contributed by atoms with E-state index in [-0.39, 0.29) is 6.61 Å². The van der Waals surface area contributed by atoms with Gasteiger partial charge in [-0.05, 0) is 6.54 Å². The molecule has 0 aliphatic heterocycles. The molecule has 0 fully saturated rings. The van der Waals surface area contributed by atoms with E-state index in [2.05, 4.69) is 10.2 Å². The normalized spacial score (nSPS) is 9.00. The van der Waals surface area contributed by atoms with Gasteiger partial charge in [-0.15, -0.1) is 10.1 Å². The van der Waals surface area contributed by atoms with Crippen molar-refractivity contribution in [3.05, 3.63) is 10.1 Å². The molecule has 0 saturated carbocycles. The van der Waals surface area contributed by atoms with Gasteiger partial charge in [0.25, 0.3) is 5.09 Å². The van der Waals surface area contributed by atoms with Crippen LogP contribution in [-0.4, -0.2) is 24.8 Å². The Morgan fingerprint density at radius 2 is 2.44 bits per heavy atom. The fourth-order valence-corrected chi connectivity index (χ4v) is 0.369. The summed E-state index contributed by atoms with van der Waals surface area (Å²) in [6.07, 6.45) is 0. The fourth-order valence-electron chi connectivity index (χ4n) is 0.369. The van der Waals surface area contributed by atoms with Crippen LogP contribution in [0.2, 0.25) is 0 Å². The van der Waals surface area contributed by atoms with Gasteiger partial charge < -0.3 is 10.2 Å². The smallest absolute Gasteiger partial charge is 0.294 e. The number of likely N-dealkylation sites (N-methyl/N-ethyl adjacent to an activating group) is 1. The summed E-state index contributed by atoms with van der Waals surface area (Å²) in [5.74, 6) is 0. The van der Waals surface area contributed by atoms with Crippen LogP contribution in [0.4, 0.5) is 0 Å². The minimum Gasteiger partial charge on any atom is -0.315 e. The number of hydrogen-bond acceptors (Lipinski definition) is 4. The highest BCUT2D eigenvalue weighted by Gasteiger charge is 1.90. The molecule has 0 rings (SSSR count). The van der Waals surface area contributed by atoms with E-state index in [0.29, 0.717) is 6.54 Å². The van der Waals surface area contributed by atoms with Crippen molar-refractivity contribution in [1.82, 2.24) is 5.32 Å². The second kappa shape index (κ2) is 5.30. The second-order valence-corrected chi connectivity index (χ2v) is 1.41. The molecule has 0 radical (unpaired) electrons. The van der Waals surface area contributed by atoms with Crippen LogP contribution >= 0.6 is 0 Å². The first kappa shape index (κ1) is 8.16. The quantitative estimate of drug-likeness (QED) is 0.321. The van der Waals surface area contributed by atoms with Gasteiger partial charge in [-0.1, -0.05) is 6.92 Å². The fraction of sp³-hybridized carbons (Fsp3) is 1.00. The van der Waals surface area contributed by atoms with Gasteiger partial charge >= 0.3 is 0 Å². The maximum absolute atomic E-state index is 9.52. The maximum Gasteiger partial charge on any atom is 0.294 e. The highest BCUT2D eigenvalue weighted by Crippen LogP contribution is 1.70. The third-order valence-corrected chi connectivity index (χ3v) is 0.726. The molecule has 0 saturated heterocycles. The summed E-state index contributed by atoms with van der Waals surface area (Å²) < 4.78 is 0. The Balaban J connectivity index is 2.83. The van der Waals surface area contributed by atoms with Crippen molar-refractivity contribution in [2.24, 2.45) is 0 Å². The van der Waals surface area contributed by atoms with Crippen LogP contribution in [0.25, 0.3) is 0 Å². The number of nitrogens with one attached hydrogen (secondary N) is 1. The predicted octanol–water partition coefficient (Wildman–Crippen LogP) is -0.196. The van der Waals surface area contributed by atoms with E-state index in [1.165, 1.54) is 0 Å². The van der Waals surface area contributed by atoms with Crippen molar-refractivity contribution in [1.29, 1.82) is 0 Å². The first-order valence-corrected chi connectivity index (χ1v) is 2.75. The molecule has 1 N–H and O–H groups in total. The standard InChI is InChI=1S/C4H10N2O3/c1-2-5-3-4-9-6(7)8/h5H,2-4H2,1H3. The highest BCUT2D eigenvalue weighted by atomic mass is 16.9. The third-order valence-electron chi connectivity index (χ3n) is 0.726. The predicted molar refractivity (Wildman–Crippen MR) is 31.5 cm³/mol. The second-order valence-electron chi connectivity index (χ2n) is 1.41. The van der Waals surface area contributed by atoms with Crippen LogP contribution < -0.4 is 5.32 Å². The molecule has 0 bridgehead atoms. The molecule has 5 heteroatoms. The summed E-state index contributed by atoms with van der Waals surface area (Å²) in [4.78, 5) is 13.5. The minimum atomic E-state index is -0.794. The third kappa shape index (κ3) is 7.16. The lowest BCUT2D eigenvalue weighted by molar-refractivity contribution is -0.757. The maximum atomic E-state index is 9.52. The summed E-state index contributed by atoms with van der Waals surface area (Å²) in [6.45, 7) is 3.38. The molecule has 54 valence electrons.